The second kappa shape index (κ2) is 10.6. The molecule has 1 saturated heterocycles. The van der Waals surface area contributed by atoms with Gasteiger partial charge in [-0.15, -0.1) is 13.2 Å². The van der Waals surface area contributed by atoms with Crippen LogP contribution in [0.25, 0.3) is 0 Å². The zero-order valence-corrected chi connectivity index (χ0v) is 20.1. The highest BCUT2D eigenvalue weighted by atomic mass is 19.4. The van der Waals surface area contributed by atoms with E-state index < -0.39 is 35.7 Å². The average Bonchev–Trinajstić information content (AvgIpc) is 3.50. The number of nitrogens with one attached hydrogen (secondary N) is 1. The van der Waals surface area contributed by atoms with E-state index in [1.54, 1.807) is 12.1 Å². The number of carbonyl (C=O) groups is 3. The Bertz CT molecular complexity index is 1280. The van der Waals surface area contributed by atoms with E-state index in [-0.39, 0.29) is 29.7 Å². The quantitative estimate of drug-likeness (QED) is 0.470. The highest BCUT2D eigenvalue weighted by molar-refractivity contribution is 5.96. The Hall–Kier alpha value is -4.27. The van der Waals surface area contributed by atoms with Crippen molar-refractivity contribution in [2.75, 3.05) is 6.54 Å². The van der Waals surface area contributed by atoms with Gasteiger partial charge in [-0.1, -0.05) is 24.1 Å². The van der Waals surface area contributed by atoms with Crippen LogP contribution >= 0.6 is 0 Å². The number of hydrogen-bond acceptors (Lipinski definition) is 6. The third kappa shape index (κ3) is 6.34. The molecular weight excluding hydrogens is 505 g/mol. The second-order valence-corrected chi connectivity index (χ2v) is 9.19. The minimum atomic E-state index is -4.82. The van der Waals surface area contributed by atoms with Crippen molar-refractivity contribution in [1.82, 2.24) is 15.2 Å². The number of ether oxygens (including phenoxy) is 1. The summed E-state index contributed by atoms with van der Waals surface area (Å²) >= 11 is 0. The van der Waals surface area contributed by atoms with Crippen LogP contribution in [0.4, 0.5) is 13.2 Å². The number of hydrogen-bond donors (Lipinski definition) is 3. The van der Waals surface area contributed by atoms with Gasteiger partial charge in [-0.25, -0.2) is 4.98 Å². The number of primary amides is 1. The van der Waals surface area contributed by atoms with Crippen LogP contribution in [0, 0.1) is 11.8 Å². The average molecular weight is 531 g/mol. The zero-order valence-electron chi connectivity index (χ0n) is 20.1. The molecule has 0 unspecified atom stereocenters. The molecule has 1 aromatic heterocycles. The minimum Gasteiger partial charge on any atom is -0.493 e. The maximum atomic E-state index is 13.6. The molecule has 1 aliphatic carbocycles. The number of pyridine rings is 1. The first-order valence-corrected chi connectivity index (χ1v) is 11.9. The van der Waals surface area contributed by atoms with Gasteiger partial charge >= 0.3 is 6.36 Å². The number of nitrogens with two attached hydrogens (primary N) is 1. The van der Waals surface area contributed by atoms with Gasteiger partial charge in [0.1, 0.15) is 17.5 Å². The number of amides is 3. The maximum absolute atomic E-state index is 13.6. The van der Waals surface area contributed by atoms with E-state index in [0.717, 1.165) is 0 Å². The van der Waals surface area contributed by atoms with Crippen LogP contribution in [0.1, 0.15) is 43.4 Å². The predicted molar refractivity (Wildman–Crippen MR) is 127 cm³/mol. The lowest BCUT2D eigenvalue weighted by Gasteiger charge is -2.29. The van der Waals surface area contributed by atoms with E-state index in [0.29, 0.717) is 37.8 Å². The summed E-state index contributed by atoms with van der Waals surface area (Å²) in [6.07, 6.45) is -3.10. The molecule has 3 amide bonds. The topological polar surface area (TPSA) is 135 Å². The summed E-state index contributed by atoms with van der Waals surface area (Å²) in [4.78, 5) is 43.6. The van der Waals surface area contributed by atoms with Crippen LogP contribution in [0.3, 0.4) is 0 Å². The molecule has 0 radical (unpaired) electrons. The van der Waals surface area contributed by atoms with Crippen LogP contribution in [-0.2, 0) is 19.8 Å². The molecule has 200 valence electrons. The first-order valence-electron chi connectivity index (χ1n) is 11.9. The van der Waals surface area contributed by atoms with Gasteiger partial charge in [-0.2, -0.15) is 0 Å². The van der Waals surface area contributed by atoms with E-state index in [1.165, 1.54) is 35.2 Å². The molecule has 2 fully saturated rings. The lowest BCUT2D eigenvalue weighted by molar-refractivity contribution is -0.274. The lowest BCUT2D eigenvalue weighted by Crippen LogP contribution is -2.51. The molecule has 9 nitrogen and oxygen atoms in total. The fraction of sp³-hybridized carbons (Fsp3) is 0.385. The Morgan fingerprint density at radius 3 is 2.53 bits per heavy atom. The zero-order chi connectivity index (χ0) is 27.5. The molecule has 2 heterocycles. The smallest absolute Gasteiger partial charge is 0.493 e. The molecule has 2 aliphatic rings. The fourth-order valence-electron chi connectivity index (χ4n) is 4.55. The van der Waals surface area contributed by atoms with Gasteiger partial charge in [0, 0.05) is 12.6 Å². The number of rotatable bonds is 7. The highest BCUT2D eigenvalue weighted by Gasteiger charge is 2.55. The number of halogens is 3. The molecule has 4 N–H and O–H groups in total. The van der Waals surface area contributed by atoms with Crippen molar-refractivity contribution in [1.29, 1.82) is 0 Å². The molecule has 4 rings (SSSR count). The number of aromatic hydroxyl groups is 1. The van der Waals surface area contributed by atoms with Gasteiger partial charge in [0.2, 0.25) is 23.6 Å². The number of nitrogens with zero attached hydrogens (tertiary/aromatic N) is 2. The maximum Gasteiger partial charge on any atom is 0.573 e. The largest absolute Gasteiger partial charge is 0.573 e. The number of likely N-dealkylation sites (tertiary alicyclic amines) is 1. The number of alkyl halides is 3. The molecule has 2 aromatic rings. The van der Waals surface area contributed by atoms with Crippen molar-refractivity contribution < 1.29 is 37.4 Å². The molecule has 0 bridgehead atoms. The minimum absolute atomic E-state index is 0.230. The van der Waals surface area contributed by atoms with Crippen molar-refractivity contribution in [2.24, 2.45) is 5.73 Å². The van der Waals surface area contributed by atoms with Gasteiger partial charge in [-0.05, 0) is 55.4 Å². The Morgan fingerprint density at radius 1 is 1.21 bits per heavy atom. The van der Waals surface area contributed by atoms with Crippen molar-refractivity contribution in [3.63, 3.8) is 0 Å². The Morgan fingerprint density at radius 2 is 1.92 bits per heavy atom. The summed E-state index contributed by atoms with van der Waals surface area (Å²) in [5.41, 5.74) is 5.19. The molecule has 2 atom stereocenters. The first kappa shape index (κ1) is 26.8. The second-order valence-electron chi connectivity index (χ2n) is 9.19. The summed E-state index contributed by atoms with van der Waals surface area (Å²) in [6.45, 7) is 0.341. The van der Waals surface area contributed by atoms with Gasteiger partial charge in [0.25, 0.3) is 0 Å². The molecule has 1 aromatic carbocycles. The van der Waals surface area contributed by atoms with Gasteiger partial charge in [-0.3, -0.25) is 14.4 Å². The molecule has 1 aliphatic heterocycles. The molecule has 0 spiro atoms. The van der Waals surface area contributed by atoms with E-state index in [9.17, 15) is 32.7 Å². The van der Waals surface area contributed by atoms with E-state index in [1.807, 2.05) is 0 Å². The lowest BCUT2D eigenvalue weighted by atomic mass is 9.93. The Labute approximate surface area is 216 Å². The first-order chi connectivity index (χ1) is 18.0. The fourth-order valence-corrected chi connectivity index (χ4v) is 4.55. The van der Waals surface area contributed by atoms with E-state index in [2.05, 4.69) is 26.9 Å². The molecule has 12 heteroatoms. The van der Waals surface area contributed by atoms with E-state index in [4.69, 9.17) is 5.73 Å². The predicted octanol–water partition coefficient (Wildman–Crippen LogP) is 2.12. The van der Waals surface area contributed by atoms with Crippen molar-refractivity contribution in [2.45, 2.75) is 56.0 Å². The number of aromatic nitrogens is 1. The van der Waals surface area contributed by atoms with E-state index >= 15 is 0 Å². The van der Waals surface area contributed by atoms with Crippen molar-refractivity contribution in [3.8, 4) is 23.5 Å². The third-order valence-electron chi connectivity index (χ3n) is 6.45. The van der Waals surface area contributed by atoms with Crippen LogP contribution in [0.5, 0.6) is 11.6 Å². The standard InChI is InChI=1S/C26H25F3N4O5/c27-26(28,29)38-19-10-6-16(7-11-19)25(12-13-25)24(37)33-14-2-4-20(33)23(36)32-18(15-21(30)34)9-8-17-3-1-5-22(35)31-17/h1,3,5-7,10-11,18,20H,2,4,12-15H2,(H2,30,34)(H,31,35)(H,32,36)/t18-,20+/m1/s1. The summed E-state index contributed by atoms with van der Waals surface area (Å²) in [7, 11) is 0. The Balaban J connectivity index is 1.47. The summed E-state index contributed by atoms with van der Waals surface area (Å²) in [5, 5.41) is 12.2. The van der Waals surface area contributed by atoms with Crippen LogP contribution in [0.2, 0.25) is 0 Å². The monoisotopic (exact) mass is 530 g/mol. The van der Waals surface area contributed by atoms with Crippen LogP contribution in [0.15, 0.2) is 42.5 Å². The van der Waals surface area contributed by atoms with Crippen LogP contribution < -0.4 is 15.8 Å². The summed E-state index contributed by atoms with van der Waals surface area (Å²) < 4.78 is 41.4. The summed E-state index contributed by atoms with van der Waals surface area (Å²) in [5.74, 6) is 3.34. The SMILES string of the molecule is NC(=O)C[C@@H](C#Cc1cccc(O)n1)NC(=O)[C@@H]1CCCN1C(=O)C1(c2ccc(OC(F)(F)F)cc2)CC1. The molecular formula is C26H25F3N4O5. The van der Waals surface area contributed by atoms with Gasteiger partial charge in [0.05, 0.1) is 17.9 Å². The summed E-state index contributed by atoms with van der Waals surface area (Å²) in [6, 6.07) is 7.91. The van der Waals surface area contributed by atoms with Gasteiger partial charge in [0.15, 0.2) is 0 Å². The van der Waals surface area contributed by atoms with Crippen LogP contribution in [-0.4, -0.2) is 57.7 Å². The normalized spacial score (nSPS) is 18.6. The third-order valence-corrected chi connectivity index (χ3v) is 6.45. The number of benzene rings is 1. The van der Waals surface area contributed by atoms with Gasteiger partial charge < -0.3 is 25.8 Å². The highest BCUT2D eigenvalue weighted by Crippen LogP contribution is 2.50. The Kier molecular flexibility index (Phi) is 7.48. The van der Waals surface area contributed by atoms with Crippen molar-refractivity contribution >= 4 is 17.7 Å². The molecule has 38 heavy (non-hydrogen) atoms. The van der Waals surface area contributed by atoms with Crippen molar-refractivity contribution in [3.05, 3.63) is 53.7 Å². The number of carbonyl (C=O) groups excluding carboxylic acids is 3. The molecule has 1 saturated carbocycles.